The van der Waals surface area contributed by atoms with Crippen LogP contribution in [-0.2, 0) is 29.0 Å². The summed E-state index contributed by atoms with van der Waals surface area (Å²) in [5.74, 6) is 1.68. The zero-order valence-electron chi connectivity index (χ0n) is 17.9. The molecule has 8 nitrogen and oxygen atoms in total. The highest BCUT2D eigenvalue weighted by Gasteiger charge is 2.36. The first-order chi connectivity index (χ1) is 14.3. The molecular weight excluding hydrogens is 382 g/mol. The highest BCUT2D eigenvalue weighted by Crippen LogP contribution is 2.32. The first kappa shape index (κ1) is 20.4. The van der Waals surface area contributed by atoms with Crippen LogP contribution in [0.5, 0.6) is 0 Å². The summed E-state index contributed by atoms with van der Waals surface area (Å²) in [7, 11) is 0. The first-order valence-electron chi connectivity index (χ1n) is 10.5. The molecule has 2 aromatic rings. The van der Waals surface area contributed by atoms with Gasteiger partial charge in [-0.2, -0.15) is 0 Å². The molecule has 1 fully saturated rings. The second-order valence-corrected chi connectivity index (χ2v) is 8.94. The van der Waals surface area contributed by atoms with Gasteiger partial charge in [-0.1, -0.05) is 30.3 Å². The number of carbonyl (C=O) groups excluding carboxylic acids is 2. The van der Waals surface area contributed by atoms with Gasteiger partial charge in [0.15, 0.2) is 11.6 Å². The Labute approximate surface area is 176 Å². The second kappa shape index (κ2) is 8.08. The number of likely N-dealkylation sites (tertiary alicyclic amines) is 1. The number of carbonyl (C=O) groups is 2. The van der Waals surface area contributed by atoms with Crippen LogP contribution in [0.2, 0.25) is 0 Å². The van der Waals surface area contributed by atoms with Crippen molar-refractivity contribution in [3.05, 3.63) is 47.5 Å². The van der Waals surface area contributed by atoms with Crippen LogP contribution in [0.4, 0.5) is 4.79 Å². The Balaban J connectivity index is 1.47. The van der Waals surface area contributed by atoms with Crippen LogP contribution in [0.3, 0.4) is 0 Å². The predicted octanol–water partition coefficient (Wildman–Crippen LogP) is 2.94. The molecule has 0 bridgehead atoms. The Kier molecular flexibility index (Phi) is 5.49. The average Bonchev–Trinajstić information content (AvgIpc) is 3.33. The van der Waals surface area contributed by atoms with Crippen LogP contribution in [-0.4, -0.2) is 55.3 Å². The largest absolute Gasteiger partial charge is 0.444 e. The van der Waals surface area contributed by atoms with Crippen molar-refractivity contribution in [3.8, 4) is 0 Å². The van der Waals surface area contributed by atoms with Gasteiger partial charge in [-0.05, 0) is 39.2 Å². The number of hydrogen-bond acceptors (Lipinski definition) is 5. The van der Waals surface area contributed by atoms with E-state index < -0.39 is 5.60 Å². The number of aromatic nitrogens is 3. The normalized spacial score (nSPS) is 19.0. The molecule has 30 heavy (non-hydrogen) atoms. The summed E-state index contributed by atoms with van der Waals surface area (Å²) in [6, 6.07) is 9.76. The van der Waals surface area contributed by atoms with Gasteiger partial charge in [0, 0.05) is 19.6 Å². The standard InChI is InChI=1S/C22H29N5O3/c1-22(2,3)30-21(29)25-12-13-27-18(15-25)23-24-20(27)17-10-7-11-26(17)19(28)14-16-8-5-4-6-9-16/h4-6,8-9,17H,7,10-15H2,1-3H3/t17-/m1/s1. The smallest absolute Gasteiger partial charge is 0.410 e. The Hall–Kier alpha value is -2.90. The van der Waals surface area contributed by atoms with Crippen LogP contribution in [0.1, 0.15) is 56.9 Å². The molecule has 0 spiro atoms. The van der Waals surface area contributed by atoms with Gasteiger partial charge in [0.05, 0.1) is 19.0 Å². The maximum Gasteiger partial charge on any atom is 0.410 e. The molecule has 0 aliphatic carbocycles. The van der Waals surface area contributed by atoms with Crippen LogP contribution in [0.25, 0.3) is 0 Å². The third-order valence-corrected chi connectivity index (χ3v) is 5.50. The van der Waals surface area contributed by atoms with E-state index in [2.05, 4.69) is 14.8 Å². The fraction of sp³-hybridized carbons (Fsp3) is 0.545. The van der Waals surface area contributed by atoms with Crippen LogP contribution < -0.4 is 0 Å². The minimum Gasteiger partial charge on any atom is -0.444 e. The monoisotopic (exact) mass is 411 g/mol. The SMILES string of the molecule is CC(C)(C)OC(=O)N1CCn2c(nnc2[C@H]2CCCN2C(=O)Cc2ccccc2)C1. The summed E-state index contributed by atoms with van der Waals surface area (Å²) >= 11 is 0. The zero-order chi connectivity index (χ0) is 21.3. The van der Waals surface area contributed by atoms with E-state index in [1.165, 1.54) is 0 Å². The van der Waals surface area contributed by atoms with E-state index in [9.17, 15) is 9.59 Å². The van der Waals surface area contributed by atoms with E-state index in [4.69, 9.17) is 4.74 Å². The van der Waals surface area contributed by atoms with Crippen molar-refractivity contribution in [3.63, 3.8) is 0 Å². The molecule has 1 atom stereocenters. The van der Waals surface area contributed by atoms with Gasteiger partial charge in [0.1, 0.15) is 5.60 Å². The molecular formula is C22H29N5O3. The van der Waals surface area contributed by atoms with Crippen LogP contribution in [0, 0.1) is 0 Å². The molecule has 2 aliphatic rings. The van der Waals surface area contributed by atoms with Crippen molar-refractivity contribution in [2.24, 2.45) is 0 Å². The molecule has 3 heterocycles. The molecule has 2 aliphatic heterocycles. The summed E-state index contributed by atoms with van der Waals surface area (Å²) in [5, 5.41) is 8.76. The van der Waals surface area contributed by atoms with Crippen molar-refractivity contribution in [2.75, 3.05) is 13.1 Å². The summed E-state index contributed by atoms with van der Waals surface area (Å²) in [6.07, 6.45) is 1.90. The number of fused-ring (bicyclic) bond motifs is 1. The second-order valence-electron chi connectivity index (χ2n) is 8.94. The molecule has 8 heteroatoms. The number of hydrogen-bond donors (Lipinski definition) is 0. The van der Waals surface area contributed by atoms with E-state index in [0.29, 0.717) is 26.1 Å². The fourth-order valence-corrected chi connectivity index (χ4v) is 4.11. The van der Waals surface area contributed by atoms with E-state index in [-0.39, 0.29) is 18.0 Å². The molecule has 1 aromatic heterocycles. The van der Waals surface area contributed by atoms with Gasteiger partial charge >= 0.3 is 6.09 Å². The van der Waals surface area contributed by atoms with Gasteiger partial charge in [0.25, 0.3) is 0 Å². The number of amides is 2. The summed E-state index contributed by atoms with van der Waals surface area (Å²) in [6.45, 7) is 7.82. The summed E-state index contributed by atoms with van der Waals surface area (Å²) in [5.41, 5.74) is 0.487. The van der Waals surface area contributed by atoms with Gasteiger partial charge in [-0.15, -0.1) is 10.2 Å². The fourth-order valence-electron chi connectivity index (χ4n) is 4.11. The molecule has 0 saturated carbocycles. The maximum absolute atomic E-state index is 13.0. The van der Waals surface area contributed by atoms with E-state index in [1.54, 1.807) is 4.90 Å². The topological polar surface area (TPSA) is 80.6 Å². The third-order valence-electron chi connectivity index (χ3n) is 5.50. The lowest BCUT2D eigenvalue weighted by Crippen LogP contribution is -2.42. The van der Waals surface area contributed by atoms with E-state index in [0.717, 1.165) is 36.6 Å². The van der Waals surface area contributed by atoms with Crippen molar-refractivity contribution < 1.29 is 14.3 Å². The van der Waals surface area contributed by atoms with Crippen molar-refractivity contribution in [2.45, 2.75) is 64.8 Å². The zero-order valence-corrected chi connectivity index (χ0v) is 17.9. The van der Waals surface area contributed by atoms with Crippen LogP contribution >= 0.6 is 0 Å². The summed E-state index contributed by atoms with van der Waals surface area (Å²) < 4.78 is 7.55. The van der Waals surface area contributed by atoms with Crippen molar-refractivity contribution in [1.29, 1.82) is 0 Å². The van der Waals surface area contributed by atoms with Crippen LogP contribution in [0.15, 0.2) is 30.3 Å². The number of nitrogens with zero attached hydrogens (tertiary/aromatic N) is 5. The van der Waals surface area contributed by atoms with Gasteiger partial charge < -0.3 is 14.2 Å². The minimum absolute atomic E-state index is 0.0597. The van der Waals surface area contributed by atoms with Crippen molar-refractivity contribution in [1.82, 2.24) is 24.6 Å². The average molecular weight is 412 g/mol. The highest BCUT2D eigenvalue weighted by molar-refractivity contribution is 5.79. The number of benzene rings is 1. The molecule has 2 amide bonds. The lowest BCUT2D eigenvalue weighted by Gasteiger charge is -2.31. The quantitative estimate of drug-likeness (QED) is 0.776. The lowest BCUT2D eigenvalue weighted by molar-refractivity contribution is -0.131. The molecule has 0 N–H and O–H groups in total. The Morgan fingerprint density at radius 1 is 1.10 bits per heavy atom. The molecule has 1 saturated heterocycles. The predicted molar refractivity (Wildman–Crippen MR) is 111 cm³/mol. The molecule has 160 valence electrons. The third kappa shape index (κ3) is 4.32. The minimum atomic E-state index is -0.531. The molecule has 0 unspecified atom stereocenters. The number of rotatable bonds is 3. The molecule has 0 radical (unpaired) electrons. The summed E-state index contributed by atoms with van der Waals surface area (Å²) in [4.78, 5) is 29.0. The molecule has 4 rings (SSSR count). The van der Waals surface area contributed by atoms with Gasteiger partial charge in [-0.25, -0.2) is 4.79 Å². The Morgan fingerprint density at radius 2 is 1.87 bits per heavy atom. The Morgan fingerprint density at radius 3 is 2.60 bits per heavy atom. The maximum atomic E-state index is 13.0. The van der Waals surface area contributed by atoms with Gasteiger partial charge in [-0.3, -0.25) is 9.69 Å². The highest BCUT2D eigenvalue weighted by atomic mass is 16.6. The van der Waals surface area contributed by atoms with E-state index in [1.807, 2.05) is 56.0 Å². The first-order valence-corrected chi connectivity index (χ1v) is 10.5. The Bertz CT molecular complexity index is 919. The van der Waals surface area contributed by atoms with Gasteiger partial charge in [0.2, 0.25) is 5.91 Å². The van der Waals surface area contributed by atoms with Crippen molar-refractivity contribution >= 4 is 12.0 Å². The lowest BCUT2D eigenvalue weighted by atomic mass is 10.1. The molecule has 1 aromatic carbocycles. The van der Waals surface area contributed by atoms with E-state index >= 15 is 0 Å². The number of ether oxygens (including phenoxy) is 1.